The fourth-order valence-corrected chi connectivity index (χ4v) is 7.36. The molecule has 3 rings (SSSR count). The van der Waals surface area contributed by atoms with Crippen LogP contribution in [0.25, 0.3) is 5.57 Å². The lowest BCUT2D eigenvalue weighted by atomic mass is 9.83. The van der Waals surface area contributed by atoms with Gasteiger partial charge in [-0.2, -0.15) is 10.5 Å². The van der Waals surface area contributed by atoms with Gasteiger partial charge in [0.2, 0.25) is 10.0 Å². The van der Waals surface area contributed by atoms with Crippen LogP contribution in [0.3, 0.4) is 0 Å². The van der Waals surface area contributed by atoms with Gasteiger partial charge in [-0.1, -0.05) is 68.5 Å². The molecule has 178 valence electrons. The zero-order valence-electron chi connectivity index (χ0n) is 20.0. The first-order valence-corrected chi connectivity index (χ1v) is 14.2. The highest BCUT2D eigenvalue weighted by Gasteiger charge is 2.35. The molecule has 2 atom stereocenters. The topological polar surface area (TPSA) is 93.8 Å². The van der Waals surface area contributed by atoms with Crippen LogP contribution >= 0.6 is 11.8 Å². The maximum absolute atomic E-state index is 13.5. The third-order valence-corrected chi connectivity index (χ3v) is 9.08. The summed E-state index contributed by atoms with van der Waals surface area (Å²) in [7, 11) is -3.79. The van der Waals surface area contributed by atoms with E-state index in [1.165, 1.54) is 0 Å². The Morgan fingerprint density at radius 3 is 2.53 bits per heavy atom. The highest BCUT2D eigenvalue weighted by Crippen LogP contribution is 2.44. The summed E-state index contributed by atoms with van der Waals surface area (Å²) in [5.74, 6) is 0.323. The smallest absolute Gasteiger partial charge is 0.207 e. The minimum Gasteiger partial charge on any atom is -0.207 e. The number of rotatable bonds is 9. The molecule has 2 aromatic rings. The maximum Gasteiger partial charge on any atom is 0.241 e. The molecule has 0 fully saturated rings. The fraction of sp³-hybridized carbons (Fsp3) is 0.407. The minimum absolute atomic E-state index is 0.0574. The Labute approximate surface area is 207 Å². The van der Waals surface area contributed by atoms with Crippen LogP contribution < -0.4 is 4.72 Å². The molecular formula is C27H31N3O2S2. The number of nitriles is 2. The Bertz CT molecular complexity index is 1240. The summed E-state index contributed by atoms with van der Waals surface area (Å²) in [6, 6.07) is 16.8. The quantitative estimate of drug-likeness (QED) is 0.334. The van der Waals surface area contributed by atoms with Gasteiger partial charge >= 0.3 is 0 Å². The first-order chi connectivity index (χ1) is 16.3. The molecule has 0 radical (unpaired) electrons. The SMILES string of the molecule is CCCCCC[C@H](NS(=O)(=O)c1ccc(C)cc1C)[C@@H]1CSc2ccccc2C1=C(C#N)C#N. The second kappa shape index (κ2) is 11.7. The van der Waals surface area contributed by atoms with E-state index in [1.54, 1.807) is 30.8 Å². The number of nitrogens with zero attached hydrogens (tertiary/aromatic N) is 2. The van der Waals surface area contributed by atoms with Crippen molar-refractivity contribution in [2.45, 2.75) is 68.7 Å². The molecule has 1 N–H and O–H groups in total. The van der Waals surface area contributed by atoms with Gasteiger partial charge in [-0.3, -0.25) is 0 Å². The lowest BCUT2D eigenvalue weighted by molar-refractivity contribution is 0.444. The molecule has 0 saturated carbocycles. The molecule has 0 aliphatic carbocycles. The van der Waals surface area contributed by atoms with Crippen LogP contribution in [0.4, 0.5) is 0 Å². The third kappa shape index (κ3) is 5.91. The first-order valence-electron chi connectivity index (χ1n) is 11.7. The second-order valence-corrected chi connectivity index (χ2v) is 11.5. The number of fused-ring (bicyclic) bond motifs is 1. The van der Waals surface area contributed by atoms with Crippen LogP contribution in [0.15, 0.2) is 57.8 Å². The van der Waals surface area contributed by atoms with Crippen molar-refractivity contribution >= 4 is 27.4 Å². The van der Waals surface area contributed by atoms with Gasteiger partial charge in [-0.15, -0.1) is 11.8 Å². The number of aryl methyl sites for hydroxylation is 2. The fourth-order valence-electron chi connectivity index (χ4n) is 4.56. The number of thioether (sulfide) groups is 1. The summed E-state index contributed by atoms with van der Waals surface area (Å²) in [4.78, 5) is 1.28. The van der Waals surface area contributed by atoms with E-state index in [-0.39, 0.29) is 16.4 Å². The van der Waals surface area contributed by atoms with E-state index >= 15 is 0 Å². The largest absolute Gasteiger partial charge is 0.241 e. The highest BCUT2D eigenvalue weighted by atomic mass is 32.2. The number of benzene rings is 2. The molecule has 5 nitrogen and oxygen atoms in total. The van der Waals surface area contributed by atoms with Crippen molar-refractivity contribution in [3.8, 4) is 12.1 Å². The van der Waals surface area contributed by atoms with Gasteiger partial charge in [0.05, 0.1) is 4.90 Å². The van der Waals surface area contributed by atoms with Gasteiger partial charge in [0.25, 0.3) is 0 Å². The van der Waals surface area contributed by atoms with E-state index in [4.69, 9.17) is 0 Å². The number of allylic oxidation sites excluding steroid dienone is 1. The molecular weight excluding hydrogens is 462 g/mol. The molecule has 34 heavy (non-hydrogen) atoms. The van der Waals surface area contributed by atoms with E-state index in [0.717, 1.165) is 41.7 Å². The Morgan fingerprint density at radius 1 is 1.12 bits per heavy atom. The average Bonchev–Trinajstić information content (AvgIpc) is 2.81. The van der Waals surface area contributed by atoms with Gasteiger partial charge in [0.1, 0.15) is 17.7 Å². The maximum atomic E-state index is 13.5. The normalized spacial score (nSPS) is 16.3. The van der Waals surface area contributed by atoms with Crippen molar-refractivity contribution < 1.29 is 8.42 Å². The summed E-state index contributed by atoms with van der Waals surface area (Å²) < 4.78 is 30.0. The highest BCUT2D eigenvalue weighted by molar-refractivity contribution is 7.99. The van der Waals surface area contributed by atoms with Gasteiger partial charge in [-0.25, -0.2) is 13.1 Å². The molecule has 1 aliphatic rings. The molecule has 0 saturated heterocycles. The van der Waals surface area contributed by atoms with Crippen molar-refractivity contribution in [2.75, 3.05) is 5.75 Å². The standard InChI is InChI=1S/C27H31N3O2S2/c1-4-5-6-7-11-24(30-34(31,32)26-14-13-19(2)15-20(26)3)23-18-33-25-12-9-8-10-22(25)27(23)21(16-28)17-29/h8-10,12-15,23-24,30H,4-7,11,18H2,1-3H3/t23-,24-/m0/s1. The number of nitrogens with one attached hydrogen (secondary N) is 1. The first kappa shape index (κ1) is 26.0. The summed E-state index contributed by atoms with van der Waals surface area (Å²) in [5.41, 5.74) is 3.27. The average molecular weight is 494 g/mol. The lowest BCUT2D eigenvalue weighted by Gasteiger charge is -2.34. The summed E-state index contributed by atoms with van der Waals surface area (Å²) in [5, 5.41) is 19.5. The predicted octanol–water partition coefficient (Wildman–Crippen LogP) is 6.14. The van der Waals surface area contributed by atoms with Crippen LogP contribution in [-0.4, -0.2) is 20.2 Å². The minimum atomic E-state index is -3.79. The van der Waals surface area contributed by atoms with E-state index in [1.807, 2.05) is 37.3 Å². The van der Waals surface area contributed by atoms with Crippen molar-refractivity contribution in [3.05, 3.63) is 64.7 Å². The second-order valence-electron chi connectivity index (χ2n) is 8.77. The lowest BCUT2D eigenvalue weighted by Crippen LogP contribution is -2.43. The predicted molar refractivity (Wildman–Crippen MR) is 138 cm³/mol. The molecule has 7 heteroatoms. The van der Waals surface area contributed by atoms with Crippen molar-refractivity contribution in [2.24, 2.45) is 5.92 Å². The van der Waals surface area contributed by atoms with Crippen LogP contribution in [0.5, 0.6) is 0 Å². The van der Waals surface area contributed by atoms with Crippen LogP contribution in [0, 0.1) is 42.4 Å². The van der Waals surface area contributed by atoms with Crippen molar-refractivity contribution in [3.63, 3.8) is 0 Å². The van der Waals surface area contributed by atoms with E-state index in [9.17, 15) is 18.9 Å². The molecule has 1 aliphatic heterocycles. The van der Waals surface area contributed by atoms with Crippen LogP contribution in [0.1, 0.15) is 55.7 Å². The molecule has 0 bridgehead atoms. The summed E-state index contributed by atoms with van der Waals surface area (Å²) >= 11 is 1.65. The van der Waals surface area contributed by atoms with Crippen molar-refractivity contribution in [1.82, 2.24) is 4.72 Å². The zero-order valence-corrected chi connectivity index (χ0v) is 21.6. The van der Waals surface area contributed by atoms with Gasteiger partial charge in [-0.05, 0) is 49.1 Å². The van der Waals surface area contributed by atoms with E-state index in [2.05, 4.69) is 23.8 Å². The number of hydrogen-bond acceptors (Lipinski definition) is 5. The summed E-state index contributed by atoms with van der Waals surface area (Å²) in [6.45, 7) is 5.88. The number of sulfonamides is 1. The van der Waals surface area contributed by atoms with Gasteiger partial charge in [0.15, 0.2) is 0 Å². The zero-order chi connectivity index (χ0) is 24.7. The van der Waals surface area contributed by atoms with E-state index < -0.39 is 16.1 Å². The Kier molecular flexibility index (Phi) is 8.97. The van der Waals surface area contributed by atoms with E-state index in [0.29, 0.717) is 23.3 Å². The number of hydrogen-bond donors (Lipinski definition) is 1. The van der Waals surface area contributed by atoms with Gasteiger partial charge in [0, 0.05) is 22.6 Å². The molecule has 2 aromatic carbocycles. The molecule has 0 unspecified atom stereocenters. The Hall–Kier alpha value is -2.58. The van der Waals surface area contributed by atoms with Gasteiger partial charge < -0.3 is 0 Å². The molecule has 0 aromatic heterocycles. The summed E-state index contributed by atoms with van der Waals surface area (Å²) in [6.07, 6.45) is 4.70. The molecule has 1 heterocycles. The molecule has 0 spiro atoms. The Balaban J connectivity index is 2.05. The van der Waals surface area contributed by atoms with Crippen molar-refractivity contribution in [1.29, 1.82) is 10.5 Å². The molecule has 0 amide bonds. The van der Waals surface area contributed by atoms with Crippen LogP contribution in [0.2, 0.25) is 0 Å². The number of unbranched alkanes of at least 4 members (excludes halogenated alkanes) is 3. The third-order valence-electron chi connectivity index (χ3n) is 6.24. The Morgan fingerprint density at radius 2 is 1.85 bits per heavy atom. The monoisotopic (exact) mass is 493 g/mol. The van der Waals surface area contributed by atoms with Crippen LogP contribution in [-0.2, 0) is 10.0 Å².